The van der Waals surface area contributed by atoms with E-state index < -0.39 is 0 Å². The molecule has 2 unspecified atom stereocenters. The number of hydrogen-bond donors (Lipinski definition) is 3. The minimum atomic E-state index is -0.234. The maximum atomic E-state index is 12.5. The number of carbonyl (C=O) groups excluding carboxylic acids is 1. The first kappa shape index (κ1) is 13.8. The fourth-order valence-electron chi connectivity index (χ4n) is 2.82. The van der Waals surface area contributed by atoms with E-state index in [9.17, 15) is 4.79 Å². The number of allylic oxidation sites excluding steroid dienone is 3. The first-order valence-corrected chi connectivity index (χ1v) is 7.35. The molecule has 1 aromatic heterocycles. The third kappa shape index (κ3) is 2.97. The van der Waals surface area contributed by atoms with Crippen molar-refractivity contribution in [1.82, 2.24) is 21.2 Å². The van der Waals surface area contributed by atoms with Gasteiger partial charge in [0.1, 0.15) is 6.04 Å². The van der Waals surface area contributed by atoms with Crippen LogP contribution in [-0.4, -0.2) is 16.9 Å². The van der Waals surface area contributed by atoms with Crippen molar-refractivity contribution >= 4 is 5.91 Å². The van der Waals surface area contributed by atoms with Gasteiger partial charge in [-0.3, -0.25) is 9.78 Å². The van der Waals surface area contributed by atoms with Crippen molar-refractivity contribution in [3.63, 3.8) is 0 Å². The number of hydrazine groups is 1. The Labute approximate surface area is 124 Å². The smallest absolute Gasteiger partial charge is 0.240 e. The van der Waals surface area contributed by atoms with Gasteiger partial charge in [-0.25, -0.2) is 5.43 Å². The molecule has 2 aliphatic rings. The van der Waals surface area contributed by atoms with Crippen LogP contribution in [0.2, 0.25) is 0 Å². The number of amides is 1. The van der Waals surface area contributed by atoms with Gasteiger partial charge in [0.2, 0.25) is 5.91 Å². The second-order valence-corrected chi connectivity index (χ2v) is 5.47. The highest BCUT2D eigenvalue weighted by Gasteiger charge is 2.36. The number of carbonyl (C=O) groups is 1. The largest absolute Gasteiger partial charge is 0.347 e. The van der Waals surface area contributed by atoms with Crippen molar-refractivity contribution in [2.24, 2.45) is 5.92 Å². The molecule has 5 heteroatoms. The van der Waals surface area contributed by atoms with Gasteiger partial charge in [0, 0.05) is 17.8 Å². The van der Waals surface area contributed by atoms with Crippen molar-refractivity contribution < 1.29 is 4.79 Å². The molecule has 110 valence electrons. The van der Waals surface area contributed by atoms with Crippen LogP contribution in [0.4, 0.5) is 0 Å². The maximum Gasteiger partial charge on any atom is 0.240 e. The first-order valence-electron chi connectivity index (χ1n) is 7.35. The lowest BCUT2D eigenvalue weighted by molar-refractivity contribution is -0.124. The molecule has 1 aromatic rings. The Hall–Kier alpha value is -2.14. The molecule has 2 heterocycles. The fraction of sp³-hybridized carbons (Fsp3) is 0.375. The Morgan fingerprint density at radius 3 is 3.19 bits per heavy atom. The summed E-state index contributed by atoms with van der Waals surface area (Å²) in [5.74, 6) is 0.215. The topological polar surface area (TPSA) is 66.1 Å². The van der Waals surface area contributed by atoms with Crippen LogP contribution in [0.15, 0.2) is 48.3 Å². The molecule has 1 amide bonds. The predicted octanol–water partition coefficient (Wildman–Crippen LogP) is 1.59. The summed E-state index contributed by atoms with van der Waals surface area (Å²) in [6.07, 6.45) is 9.93. The van der Waals surface area contributed by atoms with E-state index in [1.165, 1.54) is 0 Å². The summed E-state index contributed by atoms with van der Waals surface area (Å²) in [5.41, 5.74) is 8.19. The monoisotopic (exact) mass is 284 g/mol. The second-order valence-electron chi connectivity index (χ2n) is 5.47. The Bertz CT molecular complexity index is 567. The van der Waals surface area contributed by atoms with Crippen LogP contribution in [0.25, 0.3) is 0 Å². The molecule has 1 aliphatic heterocycles. The van der Waals surface area contributed by atoms with Gasteiger partial charge < -0.3 is 10.7 Å². The third-order valence-corrected chi connectivity index (χ3v) is 4.00. The molecule has 0 saturated carbocycles. The molecule has 0 spiro atoms. The lowest BCUT2D eigenvalue weighted by Crippen LogP contribution is -2.46. The number of hydrogen-bond acceptors (Lipinski definition) is 4. The van der Waals surface area contributed by atoms with E-state index in [0.717, 1.165) is 24.2 Å². The standard InChI is InChI=1S/C16H20N4O/c1-11(13-8-5-6-10-17-13)18-16(21)15-12-7-3-2-4-9-14(12)19-20-15/h2,4-6,8-12,15,19-20H,3,7H2,1H3,(H,18,21)/t11-,12?,15?/m1/s1. The molecule has 3 rings (SSSR count). The van der Waals surface area contributed by atoms with Crippen molar-refractivity contribution in [2.75, 3.05) is 0 Å². The van der Waals surface area contributed by atoms with Gasteiger partial charge in [0.25, 0.3) is 0 Å². The molecule has 1 fully saturated rings. The number of rotatable bonds is 3. The van der Waals surface area contributed by atoms with Crippen LogP contribution in [0.5, 0.6) is 0 Å². The van der Waals surface area contributed by atoms with Gasteiger partial charge in [-0.2, -0.15) is 0 Å². The molecule has 21 heavy (non-hydrogen) atoms. The van der Waals surface area contributed by atoms with E-state index in [0.29, 0.717) is 0 Å². The molecule has 5 nitrogen and oxygen atoms in total. The summed E-state index contributed by atoms with van der Waals surface area (Å²) >= 11 is 0. The Balaban J connectivity index is 1.66. The number of pyridine rings is 1. The molecule has 3 atom stereocenters. The van der Waals surface area contributed by atoms with Crippen LogP contribution >= 0.6 is 0 Å². The second kappa shape index (κ2) is 6.10. The highest BCUT2D eigenvalue weighted by molar-refractivity contribution is 5.83. The fourth-order valence-corrected chi connectivity index (χ4v) is 2.82. The zero-order chi connectivity index (χ0) is 14.7. The number of fused-ring (bicyclic) bond motifs is 1. The van der Waals surface area contributed by atoms with Crippen molar-refractivity contribution in [3.05, 3.63) is 54.0 Å². The van der Waals surface area contributed by atoms with Gasteiger partial charge in [0.15, 0.2) is 0 Å². The number of aromatic nitrogens is 1. The van der Waals surface area contributed by atoms with Gasteiger partial charge in [-0.15, -0.1) is 0 Å². The van der Waals surface area contributed by atoms with Crippen molar-refractivity contribution in [2.45, 2.75) is 31.8 Å². The van der Waals surface area contributed by atoms with Gasteiger partial charge in [-0.05, 0) is 38.0 Å². The molecule has 3 N–H and O–H groups in total. The lowest BCUT2D eigenvalue weighted by Gasteiger charge is -2.20. The summed E-state index contributed by atoms with van der Waals surface area (Å²) in [7, 11) is 0. The van der Waals surface area contributed by atoms with Crippen molar-refractivity contribution in [1.29, 1.82) is 0 Å². The molecule has 0 radical (unpaired) electrons. The summed E-state index contributed by atoms with van der Waals surface area (Å²) in [5, 5.41) is 3.04. The number of nitrogens with one attached hydrogen (secondary N) is 3. The quantitative estimate of drug-likeness (QED) is 0.788. The minimum absolute atomic E-state index is 0.0101. The Morgan fingerprint density at radius 1 is 1.48 bits per heavy atom. The average molecular weight is 284 g/mol. The van der Waals surface area contributed by atoms with Crippen LogP contribution in [0, 0.1) is 5.92 Å². The van der Waals surface area contributed by atoms with Crippen LogP contribution in [0.3, 0.4) is 0 Å². The van der Waals surface area contributed by atoms with Crippen LogP contribution in [0.1, 0.15) is 31.5 Å². The van der Waals surface area contributed by atoms with Crippen LogP contribution < -0.4 is 16.2 Å². The van der Waals surface area contributed by atoms with E-state index in [-0.39, 0.29) is 23.9 Å². The van der Waals surface area contributed by atoms with E-state index in [2.05, 4.69) is 27.2 Å². The Morgan fingerprint density at radius 2 is 2.38 bits per heavy atom. The highest BCUT2D eigenvalue weighted by atomic mass is 16.2. The molecule has 1 saturated heterocycles. The van der Waals surface area contributed by atoms with Crippen molar-refractivity contribution in [3.8, 4) is 0 Å². The highest BCUT2D eigenvalue weighted by Crippen LogP contribution is 2.26. The average Bonchev–Trinajstić information content (AvgIpc) is 2.77. The maximum absolute atomic E-state index is 12.5. The zero-order valence-electron chi connectivity index (χ0n) is 12.0. The molecule has 1 aliphatic carbocycles. The van der Waals surface area contributed by atoms with Gasteiger partial charge in [0.05, 0.1) is 11.7 Å². The van der Waals surface area contributed by atoms with E-state index in [1.54, 1.807) is 6.20 Å². The van der Waals surface area contributed by atoms with Gasteiger partial charge >= 0.3 is 0 Å². The summed E-state index contributed by atoms with van der Waals surface area (Å²) in [6.45, 7) is 1.95. The van der Waals surface area contributed by atoms with E-state index in [4.69, 9.17) is 0 Å². The van der Waals surface area contributed by atoms with E-state index >= 15 is 0 Å². The lowest BCUT2D eigenvalue weighted by atomic mass is 9.93. The molecule has 0 bridgehead atoms. The zero-order valence-corrected chi connectivity index (χ0v) is 12.0. The number of nitrogens with zero attached hydrogens (tertiary/aromatic N) is 1. The van der Waals surface area contributed by atoms with Gasteiger partial charge in [-0.1, -0.05) is 18.2 Å². The first-order chi connectivity index (χ1) is 10.3. The predicted molar refractivity (Wildman–Crippen MR) is 80.8 cm³/mol. The van der Waals surface area contributed by atoms with Crippen LogP contribution in [-0.2, 0) is 4.79 Å². The third-order valence-electron chi connectivity index (χ3n) is 4.00. The molecular formula is C16H20N4O. The summed E-state index contributed by atoms with van der Waals surface area (Å²) in [6, 6.07) is 5.39. The summed E-state index contributed by atoms with van der Waals surface area (Å²) < 4.78 is 0. The normalized spacial score (nSPS) is 25.3. The molecule has 0 aromatic carbocycles. The minimum Gasteiger partial charge on any atom is -0.347 e. The van der Waals surface area contributed by atoms with E-state index in [1.807, 2.05) is 37.3 Å². The summed E-state index contributed by atoms with van der Waals surface area (Å²) in [4.78, 5) is 16.8. The molecular weight excluding hydrogens is 264 g/mol. The Kier molecular flexibility index (Phi) is 4.01. The SMILES string of the molecule is C[C@@H](NC(=O)C1NNC2=CC=CCCC21)c1ccccn1.